The zero-order chi connectivity index (χ0) is 12.8. The highest BCUT2D eigenvalue weighted by Gasteiger charge is 2.09. The van der Waals surface area contributed by atoms with Crippen molar-refractivity contribution in [3.63, 3.8) is 0 Å². The Kier molecular flexibility index (Phi) is 4.05. The Labute approximate surface area is 106 Å². The predicted octanol–water partition coefficient (Wildman–Crippen LogP) is 1.64. The highest BCUT2D eigenvalue weighted by Crippen LogP contribution is 2.13. The summed E-state index contributed by atoms with van der Waals surface area (Å²) in [6, 6.07) is 5.96. The molecule has 0 aliphatic rings. The van der Waals surface area contributed by atoms with E-state index < -0.39 is 0 Å². The summed E-state index contributed by atoms with van der Waals surface area (Å²) in [5.41, 5.74) is 1.06. The van der Waals surface area contributed by atoms with Gasteiger partial charge in [0.2, 0.25) is 5.82 Å². The average Bonchev–Trinajstić information content (AvgIpc) is 2.88. The maximum absolute atomic E-state index is 9.00. The smallest absolute Gasteiger partial charge is 0.218 e. The van der Waals surface area contributed by atoms with Gasteiger partial charge in [-0.3, -0.25) is 4.57 Å². The van der Waals surface area contributed by atoms with Crippen molar-refractivity contribution in [1.82, 2.24) is 19.9 Å². The monoisotopic (exact) mass is 241 g/mol. The van der Waals surface area contributed by atoms with Crippen molar-refractivity contribution in [2.75, 3.05) is 6.54 Å². The summed E-state index contributed by atoms with van der Waals surface area (Å²) in [7, 11) is 0. The number of nitrogens with one attached hydrogen (secondary N) is 1. The molecule has 0 radical (unpaired) electrons. The third kappa shape index (κ3) is 2.55. The summed E-state index contributed by atoms with van der Waals surface area (Å²) in [6.45, 7) is 3.82. The highest BCUT2D eigenvalue weighted by atomic mass is 15.1. The highest BCUT2D eigenvalue weighted by molar-refractivity contribution is 5.37. The second-order valence-electron chi connectivity index (χ2n) is 3.90. The molecule has 2 aromatic rings. The van der Waals surface area contributed by atoms with Crippen molar-refractivity contribution in [2.24, 2.45) is 0 Å². The first kappa shape index (κ1) is 12.3. The molecular weight excluding hydrogens is 226 g/mol. The summed E-state index contributed by atoms with van der Waals surface area (Å²) in [4.78, 5) is 8.33. The molecule has 2 heterocycles. The minimum Gasteiger partial charge on any atom is -0.313 e. The first-order valence-corrected chi connectivity index (χ1v) is 5.95. The van der Waals surface area contributed by atoms with E-state index in [1.54, 1.807) is 23.2 Å². The molecule has 0 aliphatic carbocycles. The van der Waals surface area contributed by atoms with E-state index in [2.05, 4.69) is 28.3 Å². The summed E-state index contributed by atoms with van der Waals surface area (Å²) < 4.78 is 1.71. The molecule has 0 bridgehead atoms. The van der Waals surface area contributed by atoms with Gasteiger partial charge in [-0.1, -0.05) is 13.0 Å². The van der Waals surface area contributed by atoms with Crippen molar-refractivity contribution in [1.29, 1.82) is 5.26 Å². The van der Waals surface area contributed by atoms with E-state index in [0.717, 1.165) is 30.9 Å². The third-order valence-corrected chi connectivity index (χ3v) is 2.58. The molecule has 0 unspecified atom stereocenters. The second-order valence-corrected chi connectivity index (χ2v) is 3.90. The van der Waals surface area contributed by atoms with Crippen molar-refractivity contribution < 1.29 is 0 Å². The van der Waals surface area contributed by atoms with Gasteiger partial charge < -0.3 is 5.32 Å². The largest absolute Gasteiger partial charge is 0.313 e. The zero-order valence-electron chi connectivity index (χ0n) is 10.3. The van der Waals surface area contributed by atoms with Gasteiger partial charge in [-0.25, -0.2) is 9.97 Å². The van der Waals surface area contributed by atoms with Gasteiger partial charge in [0, 0.05) is 30.7 Å². The Bertz CT molecular complexity index is 553. The van der Waals surface area contributed by atoms with E-state index in [1.807, 2.05) is 12.1 Å². The number of aromatic nitrogens is 3. The van der Waals surface area contributed by atoms with Gasteiger partial charge in [0.15, 0.2) is 0 Å². The molecule has 0 saturated heterocycles. The lowest BCUT2D eigenvalue weighted by Gasteiger charge is -2.10. The molecule has 0 amide bonds. The van der Waals surface area contributed by atoms with E-state index in [1.165, 1.54) is 0 Å². The summed E-state index contributed by atoms with van der Waals surface area (Å²) in [6.07, 6.45) is 6.17. The number of hydrogen-bond donors (Lipinski definition) is 1. The van der Waals surface area contributed by atoms with E-state index >= 15 is 0 Å². The Balaban J connectivity index is 2.30. The number of nitriles is 1. The molecule has 0 atom stereocenters. The molecule has 1 N–H and O–H groups in total. The standard InChI is InChI=1S/C13H15N5/c1-2-5-15-10-11-4-3-6-17-13(11)18-8-7-16-12(18)9-14/h3-4,6-8,15H,2,5,10H2,1H3. The number of nitrogens with zero attached hydrogens (tertiary/aromatic N) is 4. The number of hydrogen-bond acceptors (Lipinski definition) is 4. The molecule has 2 rings (SSSR count). The van der Waals surface area contributed by atoms with Crippen LogP contribution in [0, 0.1) is 11.3 Å². The topological polar surface area (TPSA) is 66.5 Å². The van der Waals surface area contributed by atoms with Crippen molar-refractivity contribution in [3.8, 4) is 11.9 Å². The molecular formula is C13H15N5. The lowest BCUT2D eigenvalue weighted by molar-refractivity contribution is 0.670. The molecule has 5 heteroatoms. The molecule has 0 fully saturated rings. The fraction of sp³-hybridized carbons (Fsp3) is 0.308. The molecule has 92 valence electrons. The van der Waals surface area contributed by atoms with Crippen molar-refractivity contribution in [2.45, 2.75) is 19.9 Å². The van der Waals surface area contributed by atoms with Crippen LogP contribution in [-0.2, 0) is 6.54 Å². The lowest BCUT2D eigenvalue weighted by atomic mass is 10.2. The van der Waals surface area contributed by atoms with Gasteiger partial charge in [-0.2, -0.15) is 5.26 Å². The molecule has 0 aromatic carbocycles. The third-order valence-electron chi connectivity index (χ3n) is 2.58. The minimum absolute atomic E-state index is 0.352. The summed E-state index contributed by atoms with van der Waals surface area (Å²) >= 11 is 0. The molecule has 0 spiro atoms. The van der Waals surface area contributed by atoms with Gasteiger partial charge in [-0.15, -0.1) is 0 Å². The maximum Gasteiger partial charge on any atom is 0.218 e. The molecule has 0 aliphatic heterocycles. The van der Waals surface area contributed by atoms with Gasteiger partial charge in [-0.05, 0) is 19.0 Å². The van der Waals surface area contributed by atoms with Crippen LogP contribution in [0.1, 0.15) is 24.7 Å². The van der Waals surface area contributed by atoms with E-state index in [-0.39, 0.29) is 0 Å². The Morgan fingerprint density at radius 1 is 1.39 bits per heavy atom. The Morgan fingerprint density at radius 3 is 3.06 bits per heavy atom. The van der Waals surface area contributed by atoms with Gasteiger partial charge in [0.05, 0.1) is 0 Å². The fourth-order valence-electron chi connectivity index (χ4n) is 1.74. The van der Waals surface area contributed by atoms with Crippen LogP contribution in [0.2, 0.25) is 0 Å². The SMILES string of the molecule is CCCNCc1cccnc1-n1ccnc1C#N. The number of rotatable bonds is 5. The fourth-order valence-corrected chi connectivity index (χ4v) is 1.74. The van der Waals surface area contributed by atoms with Crippen LogP contribution >= 0.6 is 0 Å². The van der Waals surface area contributed by atoms with Gasteiger partial charge in [0.1, 0.15) is 11.9 Å². The molecule has 2 aromatic heterocycles. The van der Waals surface area contributed by atoms with Crippen LogP contribution in [0.4, 0.5) is 0 Å². The van der Waals surface area contributed by atoms with E-state index in [9.17, 15) is 0 Å². The van der Waals surface area contributed by atoms with Crippen LogP contribution in [-0.4, -0.2) is 21.1 Å². The summed E-state index contributed by atoms with van der Waals surface area (Å²) in [5.74, 6) is 1.11. The normalized spacial score (nSPS) is 10.2. The molecule has 5 nitrogen and oxygen atoms in total. The Hall–Kier alpha value is -2.19. The predicted molar refractivity (Wildman–Crippen MR) is 68.1 cm³/mol. The maximum atomic E-state index is 9.00. The van der Waals surface area contributed by atoms with Crippen LogP contribution in [0.3, 0.4) is 0 Å². The van der Waals surface area contributed by atoms with Crippen molar-refractivity contribution >= 4 is 0 Å². The first-order valence-electron chi connectivity index (χ1n) is 5.95. The first-order chi connectivity index (χ1) is 8.86. The zero-order valence-corrected chi connectivity index (χ0v) is 10.3. The van der Waals surface area contributed by atoms with Gasteiger partial charge >= 0.3 is 0 Å². The van der Waals surface area contributed by atoms with Crippen LogP contribution in [0.25, 0.3) is 5.82 Å². The van der Waals surface area contributed by atoms with E-state index in [0.29, 0.717) is 5.82 Å². The van der Waals surface area contributed by atoms with Crippen LogP contribution in [0.5, 0.6) is 0 Å². The minimum atomic E-state index is 0.352. The second kappa shape index (κ2) is 5.94. The molecule has 18 heavy (non-hydrogen) atoms. The number of imidazole rings is 1. The average molecular weight is 241 g/mol. The Morgan fingerprint density at radius 2 is 2.28 bits per heavy atom. The lowest BCUT2D eigenvalue weighted by Crippen LogP contribution is -2.16. The quantitative estimate of drug-likeness (QED) is 0.808. The van der Waals surface area contributed by atoms with Crippen molar-refractivity contribution in [3.05, 3.63) is 42.1 Å². The van der Waals surface area contributed by atoms with Crippen LogP contribution in [0.15, 0.2) is 30.7 Å². The van der Waals surface area contributed by atoms with Gasteiger partial charge in [0.25, 0.3) is 0 Å². The van der Waals surface area contributed by atoms with Crippen LogP contribution < -0.4 is 5.32 Å². The summed E-state index contributed by atoms with van der Waals surface area (Å²) in [5, 5.41) is 12.3. The number of pyridine rings is 1. The van der Waals surface area contributed by atoms with E-state index in [4.69, 9.17) is 5.26 Å². The molecule has 0 saturated carbocycles.